The van der Waals surface area contributed by atoms with Crippen molar-refractivity contribution in [2.24, 2.45) is 0 Å². The third-order valence-corrected chi connectivity index (χ3v) is 5.26. The predicted octanol–water partition coefficient (Wildman–Crippen LogP) is 3.06. The van der Waals surface area contributed by atoms with E-state index in [1.54, 1.807) is 18.2 Å². The van der Waals surface area contributed by atoms with Crippen LogP contribution in [-0.2, 0) is 10.0 Å². The Balaban J connectivity index is 2.49. The second kappa shape index (κ2) is 5.34. The standard InChI is InChI=1S/C14H15ClN2O2S/c1-10-3-6-12(7-4-10)17(2)20(18,19)14-9-11(16)5-8-13(14)15/h3-9H,16H2,1-2H3. The van der Waals surface area contributed by atoms with Crippen LogP contribution in [-0.4, -0.2) is 15.5 Å². The second-order valence-corrected chi connectivity index (χ2v) is 6.84. The molecule has 0 unspecified atom stereocenters. The summed E-state index contributed by atoms with van der Waals surface area (Å²) in [5, 5.41) is 0.151. The van der Waals surface area contributed by atoms with Gasteiger partial charge in [-0.05, 0) is 37.3 Å². The predicted molar refractivity (Wildman–Crippen MR) is 82.6 cm³/mol. The van der Waals surface area contributed by atoms with Gasteiger partial charge in [0.15, 0.2) is 0 Å². The molecule has 2 N–H and O–H groups in total. The van der Waals surface area contributed by atoms with Gasteiger partial charge in [0, 0.05) is 12.7 Å². The van der Waals surface area contributed by atoms with Crippen molar-refractivity contribution in [3.05, 3.63) is 53.1 Å². The van der Waals surface area contributed by atoms with Gasteiger partial charge >= 0.3 is 0 Å². The van der Waals surface area contributed by atoms with Crippen molar-refractivity contribution in [1.29, 1.82) is 0 Å². The van der Waals surface area contributed by atoms with Crippen molar-refractivity contribution in [3.63, 3.8) is 0 Å². The van der Waals surface area contributed by atoms with Crippen LogP contribution in [0.4, 0.5) is 11.4 Å². The summed E-state index contributed by atoms with van der Waals surface area (Å²) in [5.41, 5.74) is 7.61. The van der Waals surface area contributed by atoms with Crippen LogP contribution in [0.5, 0.6) is 0 Å². The highest BCUT2D eigenvalue weighted by atomic mass is 35.5. The zero-order valence-corrected chi connectivity index (χ0v) is 12.7. The SMILES string of the molecule is Cc1ccc(N(C)S(=O)(=O)c2cc(N)ccc2Cl)cc1. The number of anilines is 2. The van der Waals surface area contributed by atoms with Gasteiger partial charge in [0.05, 0.1) is 10.7 Å². The Bertz CT molecular complexity index is 727. The van der Waals surface area contributed by atoms with Crippen LogP contribution in [0.2, 0.25) is 5.02 Å². The maximum absolute atomic E-state index is 12.6. The largest absolute Gasteiger partial charge is 0.399 e. The highest BCUT2D eigenvalue weighted by molar-refractivity contribution is 7.93. The number of aryl methyl sites for hydroxylation is 1. The van der Waals surface area contributed by atoms with Crippen molar-refractivity contribution in [3.8, 4) is 0 Å². The topological polar surface area (TPSA) is 63.4 Å². The van der Waals surface area contributed by atoms with Gasteiger partial charge in [-0.25, -0.2) is 8.42 Å². The maximum Gasteiger partial charge on any atom is 0.265 e. The number of nitrogens with zero attached hydrogens (tertiary/aromatic N) is 1. The summed E-state index contributed by atoms with van der Waals surface area (Å²) in [6.07, 6.45) is 0. The van der Waals surface area contributed by atoms with E-state index >= 15 is 0 Å². The summed E-state index contributed by atoms with van der Waals surface area (Å²) >= 11 is 5.98. The molecule has 0 spiro atoms. The molecule has 0 saturated carbocycles. The Kier molecular flexibility index (Phi) is 3.92. The van der Waals surface area contributed by atoms with Crippen molar-refractivity contribution >= 4 is 33.0 Å². The van der Waals surface area contributed by atoms with Crippen LogP contribution in [0.25, 0.3) is 0 Å². The maximum atomic E-state index is 12.6. The molecule has 0 heterocycles. The lowest BCUT2D eigenvalue weighted by atomic mass is 10.2. The van der Waals surface area contributed by atoms with Crippen LogP contribution in [0.3, 0.4) is 0 Å². The molecule has 0 bridgehead atoms. The van der Waals surface area contributed by atoms with Gasteiger partial charge in [-0.1, -0.05) is 29.3 Å². The molecule has 0 aromatic heterocycles. The Morgan fingerprint density at radius 2 is 1.70 bits per heavy atom. The van der Waals surface area contributed by atoms with Crippen LogP contribution < -0.4 is 10.0 Å². The van der Waals surface area contributed by atoms with Crippen molar-refractivity contribution < 1.29 is 8.42 Å². The van der Waals surface area contributed by atoms with Gasteiger partial charge in [0.25, 0.3) is 10.0 Å². The summed E-state index contributed by atoms with van der Waals surface area (Å²) < 4.78 is 26.3. The van der Waals surface area contributed by atoms with Crippen molar-refractivity contribution in [2.75, 3.05) is 17.1 Å². The smallest absolute Gasteiger partial charge is 0.265 e. The molecule has 0 fully saturated rings. The molecule has 20 heavy (non-hydrogen) atoms. The lowest BCUT2D eigenvalue weighted by Gasteiger charge is -2.20. The minimum absolute atomic E-state index is 0.00208. The minimum atomic E-state index is -3.74. The van der Waals surface area contributed by atoms with E-state index in [0.717, 1.165) is 5.56 Å². The highest BCUT2D eigenvalue weighted by Crippen LogP contribution is 2.29. The van der Waals surface area contributed by atoms with E-state index in [1.165, 1.54) is 23.5 Å². The fraction of sp³-hybridized carbons (Fsp3) is 0.143. The molecule has 2 aromatic carbocycles. The van der Waals surface area contributed by atoms with Crippen molar-refractivity contribution in [1.82, 2.24) is 0 Å². The molecule has 4 nitrogen and oxygen atoms in total. The van der Waals surface area contributed by atoms with Crippen LogP contribution >= 0.6 is 11.6 Å². The number of rotatable bonds is 3. The van der Waals surface area contributed by atoms with Crippen LogP contribution in [0, 0.1) is 6.92 Å². The molecule has 2 aromatic rings. The number of nitrogens with two attached hydrogens (primary N) is 1. The zero-order chi connectivity index (χ0) is 14.9. The average Bonchev–Trinajstić information content (AvgIpc) is 2.41. The van der Waals surface area contributed by atoms with E-state index in [1.807, 2.05) is 19.1 Å². The lowest BCUT2D eigenvalue weighted by Crippen LogP contribution is -2.26. The van der Waals surface area contributed by atoms with Gasteiger partial charge in [-0.2, -0.15) is 0 Å². The molecule has 0 aliphatic heterocycles. The third-order valence-electron chi connectivity index (χ3n) is 2.99. The van der Waals surface area contributed by atoms with E-state index in [4.69, 9.17) is 17.3 Å². The Morgan fingerprint density at radius 1 is 1.10 bits per heavy atom. The Morgan fingerprint density at radius 3 is 2.30 bits per heavy atom. The van der Waals surface area contributed by atoms with Gasteiger partial charge in [-0.3, -0.25) is 4.31 Å². The van der Waals surface area contributed by atoms with Crippen LogP contribution in [0.15, 0.2) is 47.4 Å². The van der Waals surface area contributed by atoms with Gasteiger partial charge in [0.1, 0.15) is 4.90 Å². The monoisotopic (exact) mass is 310 g/mol. The summed E-state index contributed by atoms with van der Waals surface area (Å²) in [4.78, 5) is 0.00208. The molecule has 0 aliphatic rings. The molecular formula is C14H15ClN2O2S. The van der Waals surface area contributed by atoms with E-state index in [0.29, 0.717) is 11.4 Å². The summed E-state index contributed by atoms with van der Waals surface area (Å²) in [6.45, 7) is 1.94. The molecule has 0 amide bonds. The first-order valence-electron chi connectivity index (χ1n) is 5.93. The Hall–Kier alpha value is -1.72. The molecular weight excluding hydrogens is 296 g/mol. The van der Waals surface area contributed by atoms with E-state index in [-0.39, 0.29) is 9.92 Å². The fourth-order valence-corrected chi connectivity index (χ4v) is 3.46. The summed E-state index contributed by atoms with van der Waals surface area (Å²) in [7, 11) is -2.25. The second-order valence-electron chi connectivity index (χ2n) is 4.50. The third kappa shape index (κ3) is 2.73. The van der Waals surface area contributed by atoms with E-state index in [2.05, 4.69) is 0 Å². The summed E-state index contributed by atoms with van der Waals surface area (Å²) in [6, 6.07) is 11.6. The zero-order valence-electron chi connectivity index (χ0n) is 11.2. The number of hydrogen-bond acceptors (Lipinski definition) is 3. The minimum Gasteiger partial charge on any atom is -0.399 e. The first-order chi connectivity index (χ1) is 9.32. The molecule has 6 heteroatoms. The summed E-state index contributed by atoms with van der Waals surface area (Å²) in [5.74, 6) is 0. The lowest BCUT2D eigenvalue weighted by molar-refractivity contribution is 0.594. The molecule has 0 saturated heterocycles. The number of nitrogen functional groups attached to an aromatic ring is 1. The number of sulfonamides is 1. The normalized spacial score (nSPS) is 11.3. The molecule has 2 rings (SSSR count). The molecule has 106 valence electrons. The quantitative estimate of drug-likeness (QED) is 0.886. The van der Waals surface area contributed by atoms with Crippen molar-refractivity contribution in [2.45, 2.75) is 11.8 Å². The molecule has 0 radical (unpaired) electrons. The Labute approximate surface area is 123 Å². The van der Waals surface area contributed by atoms with Gasteiger partial charge in [0.2, 0.25) is 0 Å². The first kappa shape index (κ1) is 14.7. The van der Waals surface area contributed by atoms with Gasteiger partial charge in [-0.15, -0.1) is 0 Å². The molecule has 0 atom stereocenters. The fourth-order valence-electron chi connectivity index (χ4n) is 1.76. The first-order valence-corrected chi connectivity index (χ1v) is 7.75. The number of halogens is 1. The van der Waals surface area contributed by atoms with Crippen LogP contribution in [0.1, 0.15) is 5.56 Å². The highest BCUT2D eigenvalue weighted by Gasteiger charge is 2.24. The van der Waals surface area contributed by atoms with Gasteiger partial charge < -0.3 is 5.73 Å². The van der Waals surface area contributed by atoms with E-state index < -0.39 is 10.0 Å². The number of hydrogen-bond donors (Lipinski definition) is 1. The molecule has 0 aliphatic carbocycles. The van der Waals surface area contributed by atoms with E-state index in [9.17, 15) is 8.42 Å². The average molecular weight is 311 g/mol. The number of benzene rings is 2.